The Bertz CT molecular complexity index is 573. The number of aromatic amines is 1. The van der Waals surface area contributed by atoms with E-state index in [1.54, 1.807) is 6.08 Å². The van der Waals surface area contributed by atoms with Crippen LogP contribution in [0.1, 0.15) is 27.3 Å². The standard InChI is InChI=1S/C12H11N3O2/c1-8-4-2-3-5-9(8)6-7-10-11(12(16)17)14-15-13-10/h2-7H,1H3,(H,16,17)(H,13,14,15). The van der Waals surface area contributed by atoms with Crippen LogP contribution in [0.3, 0.4) is 0 Å². The van der Waals surface area contributed by atoms with Crippen LogP contribution in [0.2, 0.25) is 0 Å². The van der Waals surface area contributed by atoms with Gasteiger partial charge in [0.05, 0.1) is 0 Å². The molecule has 0 aliphatic carbocycles. The lowest BCUT2D eigenvalue weighted by atomic mass is 10.1. The molecule has 86 valence electrons. The van der Waals surface area contributed by atoms with Crippen LogP contribution in [0.5, 0.6) is 0 Å². The van der Waals surface area contributed by atoms with E-state index in [2.05, 4.69) is 15.4 Å². The van der Waals surface area contributed by atoms with Crippen molar-refractivity contribution in [1.29, 1.82) is 0 Å². The van der Waals surface area contributed by atoms with Gasteiger partial charge in [-0.1, -0.05) is 30.3 Å². The van der Waals surface area contributed by atoms with Gasteiger partial charge in [-0.3, -0.25) is 0 Å². The van der Waals surface area contributed by atoms with Crippen molar-refractivity contribution >= 4 is 18.1 Å². The summed E-state index contributed by atoms with van der Waals surface area (Å²) in [7, 11) is 0. The van der Waals surface area contributed by atoms with Gasteiger partial charge in [0.2, 0.25) is 0 Å². The maximum absolute atomic E-state index is 10.8. The minimum atomic E-state index is -1.09. The van der Waals surface area contributed by atoms with Crippen LogP contribution in [-0.4, -0.2) is 26.5 Å². The Morgan fingerprint density at radius 2 is 2.06 bits per heavy atom. The van der Waals surface area contributed by atoms with E-state index >= 15 is 0 Å². The van der Waals surface area contributed by atoms with Crippen molar-refractivity contribution in [2.75, 3.05) is 0 Å². The van der Waals surface area contributed by atoms with Gasteiger partial charge in [-0.05, 0) is 24.1 Å². The predicted octanol–water partition coefficient (Wildman–Crippen LogP) is 1.98. The van der Waals surface area contributed by atoms with Crippen molar-refractivity contribution < 1.29 is 9.90 Å². The molecule has 1 aromatic carbocycles. The summed E-state index contributed by atoms with van der Waals surface area (Å²) in [6, 6.07) is 7.81. The molecule has 0 saturated carbocycles. The van der Waals surface area contributed by atoms with E-state index in [4.69, 9.17) is 5.11 Å². The number of carboxylic acid groups (broad SMARTS) is 1. The highest BCUT2D eigenvalue weighted by Crippen LogP contribution is 2.12. The van der Waals surface area contributed by atoms with Gasteiger partial charge >= 0.3 is 5.97 Å². The Balaban J connectivity index is 2.30. The first-order chi connectivity index (χ1) is 8.18. The highest BCUT2D eigenvalue weighted by Gasteiger charge is 2.12. The number of carbonyl (C=O) groups is 1. The molecule has 2 rings (SSSR count). The molecule has 17 heavy (non-hydrogen) atoms. The fourth-order valence-corrected chi connectivity index (χ4v) is 1.46. The predicted molar refractivity (Wildman–Crippen MR) is 63.4 cm³/mol. The molecule has 0 aliphatic heterocycles. The van der Waals surface area contributed by atoms with Crippen LogP contribution in [0.15, 0.2) is 24.3 Å². The van der Waals surface area contributed by atoms with Crippen LogP contribution < -0.4 is 0 Å². The van der Waals surface area contributed by atoms with Crippen molar-refractivity contribution in [3.8, 4) is 0 Å². The molecule has 0 fully saturated rings. The smallest absolute Gasteiger partial charge is 0.358 e. The van der Waals surface area contributed by atoms with Crippen molar-refractivity contribution in [3.63, 3.8) is 0 Å². The molecule has 0 aliphatic rings. The number of carboxylic acids is 1. The molecule has 5 heteroatoms. The number of rotatable bonds is 3. The van der Waals surface area contributed by atoms with Crippen molar-refractivity contribution in [2.45, 2.75) is 6.92 Å². The first kappa shape index (κ1) is 11.1. The van der Waals surface area contributed by atoms with Gasteiger partial charge in [0.25, 0.3) is 0 Å². The first-order valence-electron chi connectivity index (χ1n) is 5.06. The van der Waals surface area contributed by atoms with E-state index in [0.29, 0.717) is 5.69 Å². The van der Waals surface area contributed by atoms with E-state index in [1.807, 2.05) is 37.3 Å². The normalized spacial score (nSPS) is 10.9. The molecular formula is C12H11N3O2. The lowest BCUT2D eigenvalue weighted by molar-refractivity contribution is 0.0690. The first-order valence-corrected chi connectivity index (χ1v) is 5.06. The topological polar surface area (TPSA) is 78.9 Å². The van der Waals surface area contributed by atoms with E-state index in [9.17, 15) is 4.79 Å². The molecule has 0 spiro atoms. The van der Waals surface area contributed by atoms with E-state index in [1.165, 1.54) is 0 Å². The summed E-state index contributed by atoms with van der Waals surface area (Å²) in [6.45, 7) is 1.99. The van der Waals surface area contributed by atoms with Crippen LogP contribution >= 0.6 is 0 Å². The minimum Gasteiger partial charge on any atom is -0.476 e. The molecule has 0 amide bonds. The summed E-state index contributed by atoms with van der Waals surface area (Å²) in [5.74, 6) is -1.09. The van der Waals surface area contributed by atoms with Gasteiger partial charge in [-0.2, -0.15) is 10.3 Å². The quantitative estimate of drug-likeness (QED) is 0.843. The fourth-order valence-electron chi connectivity index (χ4n) is 1.46. The third-order valence-corrected chi connectivity index (χ3v) is 2.39. The highest BCUT2D eigenvalue weighted by atomic mass is 16.4. The van der Waals surface area contributed by atoms with Gasteiger partial charge in [-0.15, -0.1) is 5.10 Å². The number of benzene rings is 1. The zero-order chi connectivity index (χ0) is 12.3. The molecule has 0 radical (unpaired) electrons. The highest BCUT2D eigenvalue weighted by molar-refractivity contribution is 5.90. The summed E-state index contributed by atoms with van der Waals surface area (Å²) in [4.78, 5) is 10.8. The largest absolute Gasteiger partial charge is 0.476 e. The van der Waals surface area contributed by atoms with Gasteiger partial charge in [0, 0.05) is 0 Å². The molecule has 2 N–H and O–H groups in total. The summed E-state index contributed by atoms with van der Waals surface area (Å²) < 4.78 is 0. The average molecular weight is 229 g/mol. The third-order valence-electron chi connectivity index (χ3n) is 2.39. The van der Waals surface area contributed by atoms with Crippen molar-refractivity contribution in [2.24, 2.45) is 0 Å². The van der Waals surface area contributed by atoms with E-state index in [0.717, 1.165) is 11.1 Å². The number of H-pyrrole nitrogens is 1. The Kier molecular flexibility index (Phi) is 3.00. The second-order valence-electron chi connectivity index (χ2n) is 3.55. The number of hydrogen-bond acceptors (Lipinski definition) is 3. The Labute approximate surface area is 97.8 Å². The Morgan fingerprint density at radius 3 is 2.76 bits per heavy atom. The third kappa shape index (κ3) is 2.39. The number of aromatic nitrogens is 3. The molecule has 0 bridgehead atoms. The Hall–Kier alpha value is -2.43. The monoisotopic (exact) mass is 229 g/mol. The summed E-state index contributed by atoms with van der Waals surface area (Å²) >= 11 is 0. The summed E-state index contributed by atoms with van der Waals surface area (Å²) in [5, 5.41) is 18.5. The summed E-state index contributed by atoms with van der Waals surface area (Å²) in [5.41, 5.74) is 2.38. The number of hydrogen-bond donors (Lipinski definition) is 2. The molecule has 0 unspecified atom stereocenters. The molecule has 1 heterocycles. The molecule has 1 aromatic heterocycles. The fraction of sp³-hybridized carbons (Fsp3) is 0.0833. The number of aromatic carboxylic acids is 1. The lowest BCUT2D eigenvalue weighted by Gasteiger charge is -1.97. The van der Waals surface area contributed by atoms with Gasteiger partial charge in [0.15, 0.2) is 5.69 Å². The number of nitrogens with one attached hydrogen (secondary N) is 1. The maximum atomic E-state index is 10.8. The molecule has 5 nitrogen and oxygen atoms in total. The van der Waals surface area contributed by atoms with E-state index in [-0.39, 0.29) is 5.69 Å². The van der Waals surface area contributed by atoms with Crippen LogP contribution in [-0.2, 0) is 0 Å². The molecule has 0 saturated heterocycles. The van der Waals surface area contributed by atoms with Crippen molar-refractivity contribution in [3.05, 3.63) is 46.8 Å². The SMILES string of the molecule is Cc1ccccc1C=Cc1n[nH]nc1C(=O)O. The minimum absolute atomic E-state index is 0.0742. The molecule has 0 atom stereocenters. The Morgan fingerprint density at radius 1 is 1.29 bits per heavy atom. The van der Waals surface area contributed by atoms with Gasteiger partial charge in [-0.25, -0.2) is 4.79 Å². The maximum Gasteiger partial charge on any atom is 0.358 e. The van der Waals surface area contributed by atoms with Gasteiger partial charge in [0.1, 0.15) is 5.69 Å². The molecular weight excluding hydrogens is 218 g/mol. The number of aryl methyl sites for hydroxylation is 1. The van der Waals surface area contributed by atoms with E-state index < -0.39 is 5.97 Å². The van der Waals surface area contributed by atoms with Crippen LogP contribution in [0.4, 0.5) is 0 Å². The second-order valence-corrected chi connectivity index (χ2v) is 3.55. The zero-order valence-corrected chi connectivity index (χ0v) is 9.21. The van der Waals surface area contributed by atoms with Crippen LogP contribution in [0.25, 0.3) is 12.2 Å². The number of nitrogens with zero attached hydrogens (tertiary/aromatic N) is 2. The second kappa shape index (κ2) is 4.61. The van der Waals surface area contributed by atoms with Crippen molar-refractivity contribution in [1.82, 2.24) is 15.4 Å². The van der Waals surface area contributed by atoms with Crippen LogP contribution in [0, 0.1) is 6.92 Å². The summed E-state index contributed by atoms with van der Waals surface area (Å²) in [6.07, 6.45) is 3.45. The zero-order valence-electron chi connectivity index (χ0n) is 9.21. The van der Waals surface area contributed by atoms with Gasteiger partial charge < -0.3 is 5.11 Å². The average Bonchev–Trinajstić information content (AvgIpc) is 2.76. The lowest BCUT2D eigenvalue weighted by Crippen LogP contribution is -1.98. The molecule has 2 aromatic rings.